The van der Waals surface area contributed by atoms with Gasteiger partial charge in [0.15, 0.2) is 0 Å². The van der Waals surface area contributed by atoms with Gasteiger partial charge in [-0.2, -0.15) is 13.2 Å². The highest BCUT2D eigenvalue weighted by molar-refractivity contribution is 5.73. The maximum Gasteiger partial charge on any atom is 0.419 e. The summed E-state index contributed by atoms with van der Waals surface area (Å²) < 4.78 is 50.1. The Labute approximate surface area is 154 Å². The first kappa shape index (κ1) is 19.2. The predicted octanol–water partition coefficient (Wildman–Crippen LogP) is 3.67. The average Bonchev–Trinajstić information content (AvgIpc) is 2.97. The van der Waals surface area contributed by atoms with Crippen LogP contribution in [-0.4, -0.2) is 29.2 Å². The molecule has 1 aliphatic rings. The lowest BCUT2D eigenvalue weighted by Gasteiger charge is -2.33. The molecule has 3 rings (SSSR count). The molecule has 1 aliphatic heterocycles. The van der Waals surface area contributed by atoms with Crippen LogP contribution >= 0.6 is 0 Å². The number of hydrogen-bond donors (Lipinski definition) is 0. The topological polar surface area (TPSA) is 68.5 Å². The fourth-order valence-electron chi connectivity index (χ4n) is 3.20. The molecule has 1 saturated heterocycles. The molecule has 27 heavy (non-hydrogen) atoms. The second kappa shape index (κ2) is 7.58. The van der Waals surface area contributed by atoms with E-state index >= 15 is 0 Å². The van der Waals surface area contributed by atoms with Gasteiger partial charge in [0.05, 0.1) is 22.7 Å². The van der Waals surface area contributed by atoms with E-state index in [1.165, 1.54) is 17.2 Å². The van der Waals surface area contributed by atoms with Crippen LogP contribution in [0, 0.1) is 19.8 Å². The van der Waals surface area contributed by atoms with Crippen molar-refractivity contribution in [1.29, 1.82) is 0 Å². The minimum Gasteiger partial charge on any atom is -0.460 e. The van der Waals surface area contributed by atoms with Crippen molar-refractivity contribution in [3.05, 3.63) is 40.9 Å². The van der Waals surface area contributed by atoms with Gasteiger partial charge in [-0.15, -0.1) is 0 Å². The van der Waals surface area contributed by atoms with E-state index in [0.29, 0.717) is 36.4 Å². The van der Waals surface area contributed by atoms with Crippen LogP contribution in [0.4, 0.5) is 19.0 Å². The number of carbonyl (C=O) groups is 1. The standard InChI is InChI=1S/C18H20F3N3O3/c1-11-14(12(2)27-23-11)10-26-17(25)13-5-4-8-24(9-13)16-15(18(19,20)21)6-3-7-22-16/h3,6-7,13H,4-5,8-10H2,1-2H3. The number of rotatable bonds is 4. The molecule has 2 aromatic heterocycles. The first-order chi connectivity index (χ1) is 12.8. The van der Waals surface area contributed by atoms with Gasteiger partial charge in [0.25, 0.3) is 0 Å². The van der Waals surface area contributed by atoms with Crippen LogP contribution in [0.1, 0.15) is 35.4 Å². The van der Waals surface area contributed by atoms with Crippen LogP contribution < -0.4 is 4.90 Å². The largest absolute Gasteiger partial charge is 0.460 e. The van der Waals surface area contributed by atoms with Crippen LogP contribution in [0.2, 0.25) is 0 Å². The van der Waals surface area contributed by atoms with Crippen molar-refractivity contribution >= 4 is 11.8 Å². The predicted molar refractivity (Wildman–Crippen MR) is 89.9 cm³/mol. The number of nitrogens with zero attached hydrogens (tertiary/aromatic N) is 3. The van der Waals surface area contributed by atoms with Crippen molar-refractivity contribution in [2.24, 2.45) is 5.92 Å². The maximum atomic E-state index is 13.2. The van der Waals surface area contributed by atoms with Crippen molar-refractivity contribution in [2.75, 3.05) is 18.0 Å². The van der Waals surface area contributed by atoms with E-state index in [9.17, 15) is 18.0 Å². The number of piperidine rings is 1. The Kier molecular flexibility index (Phi) is 5.38. The average molecular weight is 383 g/mol. The van der Waals surface area contributed by atoms with Crippen molar-refractivity contribution in [3.8, 4) is 0 Å². The lowest BCUT2D eigenvalue weighted by atomic mass is 9.97. The van der Waals surface area contributed by atoms with Crippen LogP contribution in [0.3, 0.4) is 0 Å². The zero-order valence-electron chi connectivity index (χ0n) is 15.0. The molecular weight excluding hydrogens is 363 g/mol. The molecule has 146 valence electrons. The highest BCUT2D eigenvalue weighted by Gasteiger charge is 2.37. The number of carbonyl (C=O) groups excluding carboxylic acids is 1. The Morgan fingerprint density at radius 3 is 2.85 bits per heavy atom. The zero-order chi connectivity index (χ0) is 19.6. The number of alkyl halides is 3. The molecule has 1 atom stereocenters. The Hall–Kier alpha value is -2.58. The third kappa shape index (κ3) is 4.23. The lowest BCUT2D eigenvalue weighted by molar-refractivity contribution is -0.150. The minimum absolute atomic E-state index is 0.0356. The van der Waals surface area contributed by atoms with Gasteiger partial charge < -0.3 is 14.2 Å². The summed E-state index contributed by atoms with van der Waals surface area (Å²) in [5.41, 5.74) is 0.559. The van der Waals surface area contributed by atoms with E-state index in [0.717, 1.165) is 6.07 Å². The number of hydrogen-bond acceptors (Lipinski definition) is 6. The van der Waals surface area contributed by atoms with Gasteiger partial charge >= 0.3 is 12.1 Å². The SMILES string of the molecule is Cc1noc(C)c1COC(=O)C1CCCN(c2ncccc2C(F)(F)F)C1. The molecule has 0 saturated carbocycles. The van der Waals surface area contributed by atoms with Gasteiger partial charge in [0, 0.05) is 19.3 Å². The summed E-state index contributed by atoms with van der Waals surface area (Å²) in [5, 5.41) is 3.80. The number of aromatic nitrogens is 2. The summed E-state index contributed by atoms with van der Waals surface area (Å²) >= 11 is 0. The summed E-state index contributed by atoms with van der Waals surface area (Å²) in [7, 11) is 0. The minimum atomic E-state index is -4.50. The Morgan fingerprint density at radius 1 is 1.41 bits per heavy atom. The summed E-state index contributed by atoms with van der Waals surface area (Å²) in [6.45, 7) is 4.06. The lowest BCUT2D eigenvalue weighted by Crippen LogP contribution is -2.40. The van der Waals surface area contributed by atoms with Crippen molar-refractivity contribution in [3.63, 3.8) is 0 Å². The van der Waals surface area contributed by atoms with E-state index in [1.807, 2.05) is 0 Å². The van der Waals surface area contributed by atoms with Crippen molar-refractivity contribution < 1.29 is 27.2 Å². The number of esters is 1. The van der Waals surface area contributed by atoms with E-state index in [-0.39, 0.29) is 19.0 Å². The van der Waals surface area contributed by atoms with Gasteiger partial charge in [0.1, 0.15) is 18.2 Å². The molecule has 1 fully saturated rings. The van der Waals surface area contributed by atoms with E-state index in [2.05, 4.69) is 10.1 Å². The van der Waals surface area contributed by atoms with Gasteiger partial charge in [-0.3, -0.25) is 4.79 Å². The first-order valence-electron chi connectivity index (χ1n) is 8.63. The summed E-state index contributed by atoms with van der Waals surface area (Å²) in [6.07, 6.45) is -2.03. The molecule has 0 spiro atoms. The molecule has 9 heteroatoms. The van der Waals surface area contributed by atoms with Crippen LogP contribution in [-0.2, 0) is 22.3 Å². The number of ether oxygens (including phenoxy) is 1. The molecule has 0 aromatic carbocycles. The van der Waals surface area contributed by atoms with E-state index in [4.69, 9.17) is 9.26 Å². The van der Waals surface area contributed by atoms with Crippen LogP contribution in [0.5, 0.6) is 0 Å². The van der Waals surface area contributed by atoms with Crippen LogP contribution in [0.25, 0.3) is 0 Å². The smallest absolute Gasteiger partial charge is 0.419 e. The monoisotopic (exact) mass is 383 g/mol. The van der Waals surface area contributed by atoms with Gasteiger partial charge in [-0.05, 0) is 38.8 Å². The summed E-state index contributed by atoms with van der Waals surface area (Å²) in [4.78, 5) is 17.8. The molecule has 6 nitrogen and oxygen atoms in total. The fourth-order valence-corrected chi connectivity index (χ4v) is 3.20. The molecule has 1 unspecified atom stereocenters. The molecule has 0 N–H and O–H groups in total. The Bertz CT molecular complexity index is 800. The number of aryl methyl sites for hydroxylation is 2. The number of pyridine rings is 1. The Morgan fingerprint density at radius 2 is 2.19 bits per heavy atom. The van der Waals surface area contributed by atoms with Gasteiger partial charge in [-0.25, -0.2) is 4.98 Å². The van der Waals surface area contributed by atoms with Crippen molar-refractivity contribution in [2.45, 2.75) is 39.5 Å². The highest BCUT2D eigenvalue weighted by Crippen LogP contribution is 2.36. The normalized spacial score (nSPS) is 17.8. The maximum absolute atomic E-state index is 13.2. The van der Waals surface area contributed by atoms with E-state index in [1.54, 1.807) is 13.8 Å². The van der Waals surface area contributed by atoms with Crippen molar-refractivity contribution in [1.82, 2.24) is 10.1 Å². The molecule has 2 aromatic rings. The summed E-state index contributed by atoms with van der Waals surface area (Å²) in [5.74, 6) is -0.520. The molecular formula is C18H20F3N3O3. The number of anilines is 1. The van der Waals surface area contributed by atoms with Gasteiger partial charge in [-0.1, -0.05) is 5.16 Å². The highest BCUT2D eigenvalue weighted by atomic mass is 19.4. The molecule has 0 aliphatic carbocycles. The first-order valence-corrected chi connectivity index (χ1v) is 8.63. The fraction of sp³-hybridized carbons (Fsp3) is 0.500. The van der Waals surface area contributed by atoms with Gasteiger partial charge in [0.2, 0.25) is 0 Å². The number of halogens is 3. The third-order valence-electron chi connectivity index (χ3n) is 4.69. The van der Waals surface area contributed by atoms with E-state index < -0.39 is 23.6 Å². The van der Waals surface area contributed by atoms with Crippen LogP contribution in [0.15, 0.2) is 22.9 Å². The molecule has 3 heterocycles. The quantitative estimate of drug-likeness (QED) is 0.751. The Balaban J connectivity index is 1.69. The molecule has 0 radical (unpaired) electrons. The molecule has 0 bridgehead atoms. The summed E-state index contributed by atoms with van der Waals surface area (Å²) in [6, 6.07) is 2.26. The molecule has 0 amide bonds. The second-order valence-corrected chi connectivity index (χ2v) is 6.57. The third-order valence-corrected chi connectivity index (χ3v) is 4.69. The zero-order valence-corrected chi connectivity index (χ0v) is 15.0. The second-order valence-electron chi connectivity index (χ2n) is 6.57.